The number of unbranched alkanes of at least 4 members (excludes halogenated alkanes) is 1. The first-order chi connectivity index (χ1) is 11.1. The van der Waals surface area contributed by atoms with Gasteiger partial charge in [0.05, 0.1) is 5.69 Å². The quantitative estimate of drug-likeness (QED) is 0.655. The molecule has 0 aliphatic heterocycles. The van der Waals surface area contributed by atoms with Crippen molar-refractivity contribution in [1.29, 1.82) is 0 Å². The third kappa shape index (κ3) is 4.09. The lowest BCUT2D eigenvalue weighted by Gasteiger charge is -2.18. The van der Waals surface area contributed by atoms with Crippen molar-refractivity contribution in [3.63, 3.8) is 0 Å². The Morgan fingerprint density at radius 2 is 2.00 bits per heavy atom. The lowest BCUT2D eigenvalue weighted by atomic mass is 9.99. The predicted molar refractivity (Wildman–Crippen MR) is 103 cm³/mol. The Morgan fingerprint density at radius 1 is 1.26 bits per heavy atom. The van der Waals surface area contributed by atoms with E-state index in [4.69, 9.17) is 11.6 Å². The molecule has 0 N–H and O–H groups in total. The molecule has 0 saturated carbocycles. The SMILES string of the molecule is C=c1/c(=C\C)cc(-c2ccccc2Cl)n1C[C@@H](CC)CCCC. The molecule has 124 valence electrons. The zero-order valence-electron chi connectivity index (χ0n) is 14.6. The summed E-state index contributed by atoms with van der Waals surface area (Å²) in [4.78, 5) is 0. The number of halogens is 1. The molecule has 0 saturated heterocycles. The minimum atomic E-state index is 0.689. The average Bonchev–Trinajstić information content (AvgIpc) is 2.87. The summed E-state index contributed by atoms with van der Waals surface area (Å²) in [7, 11) is 0. The number of benzene rings is 1. The first-order valence-corrected chi connectivity index (χ1v) is 9.09. The fourth-order valence-electron chi connectivity index (χ4n) is 3.14. The highest BCUT2D eigenvalue weighted by molar-refractivity contribution is 6.33. The molecule has 1 heterocycles. The van der Waals surface area contributed by atoms with Crippen LogP contribution in [0.25, 0.3) is 23.9 Å². The maximum Gasteiger partial charge on any atom is 0.0506 e. The van der Waals surface area contributed by atoms with Crippen molar-refractivity contribution in [2.24, 2.45) is 5.92 Å². The van der Waals surface area contributed by atoms with E-state index in [1.165, 1.54) is 36.6 Å². The minimum Gasteiger partial charge on any atom is -0.341 e. The van der Waals surface area contributed by atoms with Gasteiger partial charge in [0, 0.05) is 22.5 Å². The van der Waals surface area contributed by atoms with Crippen LogP contribution in [0.5, 0.6) is 0 Å². The minimum absolute atomic E-state index is 0.689. The standard InChI is InChI=1S/C21H28ClN/c1-5-8-11-17(6-2)15-23-16(4)18(7-3)14-21(23)19-12-9-10-13-20(19)22/h7,9-10,12-14,17H,4-6,8,11,15H2,1-3H3/b18-7-/t17-/m0/s1. The molecule has 2 heteroatoms. The molecule has 1 aromatic heterocycles. The zero-order valence-corrected chi connectivity index (χ0v) is 15.4. The highest BCUT2D eigenvalue weighted by Gasteiger charge is 2.14. The zero-order chi connectivity index (χ0) is 16.8. The molecule has 0 bridgehead atoms. The van der Waals surface area contributed by atoms with Gasteiger partial charge in [-0.05, 0) is 36.6 Å². The van der Waals surface area contributed by atoms with Crippen LogP contribution >= 0.6 is 11.6 Å². The van der Waals surface area contributed by atoms with Crippen molar-refractivity contribution < 1.29 is 0 Å². The van der Waals surface area contributed by atoms with E-state index >= 15 is 0 Å². The number of rotatable bonds is 7. The summed E-state index contributed by atoms with van der Waals surface area (Å²) in [5.41, 5.74) is 2.28. The van der Waals surface area contributed by atoms with Crippen molar-refractivity contribution in [1.82, 2.24) is 4.57 Å². The summed E-state index contributed by atoms with van der Waals surface area (Å²) in [5, 5.41) is 3.10. The van der Waals surface area contributed by atoms with Gasteiger partial charge >= 0.3 is 0 Å². The molecule has 1 atom stereocenters. The van der Waals surface area contributed by atoms with Gasteiger partial charge in [0.1, 0.15) is 0 Å². The molecule has 0 radical (unpaired) electrons. The van der Waals surface area contributed by atoms with Crippen LogP contribution in [0, 0.1) is 5.92 Å². The third-order valence-corrected chi connectivity index (χ3v) is 5.02. The number of aromatic nitrogens is 1. The highest BCUT2D eigenvalue weighted by Crippen LogP contribution is 2.27. The van der Waals surface area contributed by atoms with Gasteiger partial charge in [-0.2, -0.15) is 0 Å². The van der Waals surface area contributed by atoms with Crippen molar-refractivity contribution in [3.8, 4) is 11.3 Å². The average molecular weight is 330 g/mol. The molecule has 0 aliphatic carbocycles. The summed E-state index contributed by atoms with van der Waals surface area (Å²) >= 11 is 6.45. The highest BCUT2D eigenvalue weighted by atomic mass is 35.5. The normalized spacial score (nSPS) is 13.5. The van der Waals surface area contributed by atoms with Gasteiger partial charge in [-0.15, -0.1) is 0 Å². The molecule has 1 aromatic carbocycles. The molecular formula is C21H28ClN. The summed E-state index contributed by atoms with van der Waals surface area (Å²) < 4.78 is 2.36. The maximum absolute atomic E-state index is 6.45. The van der Waals surface area contributed by atoms with Crippen LogP contribution in [0.4, 0.5) is 0 Å². The molecule has 2 rings (SSSR count). The smallest absolute Gasteiger partial charge is 0.0506 e. The van der Waals surface area contributed by atoms with Gasteiger partial charge in [-0.3, -0.25) is 0 Å². The third-order valence-electron chi connectivity index (χ3n) is 4.69. The molecular weight excluding hydrogens is 302 g/mol. The number of hydrogen-bond acceptors (Lipinski definition) is 0. The second kappa shape index (κ2) is 8.40. The van der Waals surface area contributed by atoms with Crippen molar-refractivity contribution in [2.45, 2.75) is 53.0 Å². The lowest BCUT2D eigenvalue weighted by molar-refractivity contribution is 0.389. The van der Waals surface area contributed by atoms with E-state index in [-0.39, 0.29) is 0 Å². The molecule has 2 aromatic rings. The van der Waals surface area contributed by atoms with Gasteiger partial charge in [-0.1, -0.05) is 75.6 Å². The Morgan fingerprint density at radius 3 is 2.61 bits per heavy atom. The van der Waals surface area contributed by atoms with E-state index in [1.807, 2.05) is 18.2 Å². The van der Waals surface area contributed by atoms with Crippen LogP contribution < -0.4 is 10.6 Å². The topological polar surface area (TPSA) is 4.93 Å². The molecule has 23 heavy (non-hydrogen) atoms. The molecule has 0 spiro atoms. The number of hydrogen-bond donors (Lipinski definition) is 0. The Bertz CT molecular complexity index is 742. The monoisotopic (exact) mass is 329 g/mol. The fraction of sp³-hybridized carbons (Fsp3) is 0.429. The second-order valence-electron chi connectivity index (χ2n) is 6.23. The van der Waals surface area contributed by atoms with Crippen LogP contribution in [0.15, 0.2) is 30.3 Å². The first-order valence-electron chi connectivity index (χ1n) is 8.72. The fourth-order valence-corrected chi connectivity index (χ4v) is 3.37. The van der Waals surface area contributed by atoms with Crippen molar-refractivity contribution in [3.05, 3.63) is 45.9 Å². The van der Waals surface area contributed by atoms with E-state index in [0.29, 0.717) is 5.92 Å². The first kappa shape index (κ1) is 17.9. The lowest BCUT2D eigenvalue weighted by Crippen LogP contribution is -2.29. The van der Waals surface area contributed by atoms with E-state index in [0.717, 1.165) is 22.5 Å². The van der Waals surface area contributed by atoms with E-state index in [2.05, 4.69) is 50.1 Å². The van der Waals surface area contributed by atoms with E-state index < -0.39 is 0 Å². The molecule has 0 unspecified atom stereocenters. The van der Waals surface area contributed by atoms with Crippen LogP contribution in [0.2, 0.25) is 5.02 Å². The van der Waals surface area contributed by atoms with Gasteiger partial charge < -0.3 is 4.57 Å². The van der Waals surface area contributed by atoms with Crippen LogP contribution in [-0.4, -0.2) is 4.57 Å². The molecule has 0 aliphatic rings. The van der Waals surface area contributed by atoms with E-state index in [9.17, 15) is 0 Å². The summed E-state index contributed by atoms with van der Waals surface area (Å²) in [6, 6.07) is 10.3. The summed E-state index contributed by atoms with van der Waals surface area (Å²) in [6.07, 6.45) is 7.15. The van der Waals surface area contributed by atoms with Crippen LogP contribution in [0.3, 0.4) is 0 Å². The molecule has 0 fully saturated rings. The van der Waals surface area contributed by atoms with Crippen LogP contribution in [0.1, 0.15) is 46.5 Å². The van der Waals surface area contributed by atoms with Gasteiger partial charge in [0.15, 0.2) is 0 Å². The van der Waals surface area contributed by atoms with Gasteiger partial charge in [0.25, 0.3) is 0 Å². The largest absolute Gasteiger partial charge is 0.341 e. The second-order valence-corrected chi connectivity index (χ2v) is 6.63. The van der Waals surface area contributed by atoms with Gasteiger partial charge in [0.2, 0.25) is 0 Å². The van der Waals surface area contributed by atoms with Crippen molar-refractivity contribution in [2.75, 3.05) is 0 Å². The Balaban J connectivity index is 2.48. The summed E-state index contributed by atoms with van der Waals surface area (Å²) in [6.45, 7) is 12.0. The number of nitrogens with zero attached hydrogens (tertiary/aromatic N) is 1. The summed E-state index contributed by atoms with van der Waals surface area (Å²) in [5.74, 6) is 0.689. The predicted octanol–water partition coefficient (Wildman–Crippen LogP) is 5.24. The Labute approximate surface area is 145 Å². The van der Waals surface area contributed by atoms with Crippen LogP contribution in [-0.2, 0) is 6.54 Å². The maximum atomic E-state index is 6.45. The Hall–Kier alpha value is -1.47. The Kier molecular flexibility index (Phi) is 6.53. The molecule has 1 nitrogen and oxygen atoms in total. The van der Waals surface area contributed by atoms with Crippen molar-refractivity contribution >= 4 is 24.3 Å². The molecule has 0 amide bonds. The van der Waals surface area contributed by atoms with E-state index in [1.54, 1.807) is 0 Å². The van der Waals surface area contributed by atoms with Gasteiger partial charge in [-0.25, -0.2) is 0 Å².